The molecule has 1 heterocycles. The molecule has 0 bridgehead atoms. The van der Waals surface area contributed by atoms with E-state index in [4.69, 9.17) is 0 Å². The lowest BCUT2D eigenvalue weighted by molar-refractivity contribution is 0.0673. The molecule has 1 aromatic rings. The first kappa shape index (κ1) is 14.0. The maximum absolute atomic E-state index is 12.5. The Labute approximate surface area is 124 Å². The first-order valence-corrected chi connectivity index (χ1v) is 7.56. The second-order valence-electron chi connectivity index (χ2n) is 4.80. The number of carbonyl (C=O) groups is 1. The molecule has 0 radical (unpaired) electrons. The van der Waals surface area contributed by atoms with E-state index in [9.17, 15) is 4.79 Å². The predicted molar refractivity (Wildman–Crippen MR) is 79.8 cm³/mol. The van der Waals surface area contributed by atoms with Crippen LogP contribution in [-0.4, -0.2) is 36.0 Å². The Morgan fingerprint density at radius 2 is 1.89 bits per heavy atom. The average Bonchev–Trinajstić information content (AvgIpc) is 2.30. The Kier molecular flexibility index (Phi) is 4.45. The number of rotatable bonds is 1. The summed E-state index contributed by atoms with van der Waals surface area (Å²) in [6, 6.07) is 6.35. The van der Waals surface area contributed by atoms with Crippen LogP contribution in [0.1, 0.15) is 24.2 Å². The van der Waals surface area contributed by atoms with Gasteiger partial charge in [-0.1, -0.05) is 15.9 Å². The first-order chi connectivity index (χ1) is 8.47. The monoisotopic (exact) mass is 374 g/mol. The molecule has 0 saturated carbocycles. The fourth-order valence-corrected chi connectivity index (χ4v) is 3.10. The van der Waals surface area contributed by atoms with Crippen LogP contribution in [-0.2, 0) is 0 Å². The zero-order chi connectivity index (χ0) is 13.3. The van der Waals surface area contributed by atoms with Crippen molar-refractivity contribution in [2.24, 2.45) is 0 Å². The standard InChI is InChI=1S/C13H16Br2N2O/c1-8-6-17(7-9(2)16-8)13(18)11-5-10(14)3-4-12(11)15/h3-5,8-9,16H,6-7H2,1-2H3. The van der Waals surface area contributed by atoms with Crippen LogP contribution < -0.4 is 5.32 Å². The lowest BCUT2D eigenvalue weighted by atomic mass is 10.1. The lowest BCUT2D eigenvalue weighted by Crippen LogP contribution is -2.55. The second kappa shape index (κ2) is 5.72. The van der Waals surface area contributed by atoms with Crippen LogP contribution in [0.15, 0.2) is 27.1 Å². The summed E-state index contributed by atoms with van der Waals surface area (Å²) in [7, 11) is 0. The third-order valence-electron chi connectivity index (χ3n) is 3.00. The van der Waals surface area contributed by atoms with Crippen LogP contribution in [0, 0.1) is 0 Å². The zero-order valence-corrected chi connectivity index (χ0v) is 13.6. The average molecular weight is 376 g/mol. The van der Waals surface area contributed by atoms with E-state index in [-0.39, 0.29) is 5.91 Å². The molecular formula is C13H16Br2N2O. The van der Waals surface area contributed by atoms with Crippen molar-refractivity contribution >= 4 is 37.8 Å². The quantitative estimate of drug-likeness (QED) is 0.818. The summed E-state index contributed by atoms with van der Waals surface area (Å²) in [6.07, 6.45) is 0. The Hall–Kier alpha value is -0.390. The number of hydrogen-bond acceptors (Lipinski definition) is 2. The smallest absolute Gasteiger partial charge is 0.255 e. The van der Waals surface area contributed by atoms with Crippen molar-refractivity contribution in [2.45, 2.75) is 25.9 Å². The van der Waals surface area contributed by atoms with Gasteiger partial charge in [0.15, 0.2) is 0 Å². The van der Waals surface area contributed by atoms with E-state index in [0.29, 0.717) is 17.6 Å². The SMILES string of the molecule is CC1CN(C(=O)c2cc(Br)ccc2Br)CC(C)N1. The van der Waals surface area contributed by atoms with Gasteiger partial charge in [0.25, 0.3) is 5.91 Å². The highest BCUT2D eigenvalue weighted by atomic mass is 79.9. The maximum Gasteiger partial charge on any atom is 0.255 e. The summed E-state index contributed by atoms with van der Waals surface area (Å²) in [6.45, 7) is 5.71. The van der Waals surface area contributed by atoms with Gasteiger partial charge in [0.1, 0.15) is 0 Å². The van der Waals surface area contributed by atoms with Gasteiger partial charge in [-0.25, -0.2) is 0 Å². The molecule has 2 atom stereocenters. The Balaban J connectivity index is 2.22. The third kappa shape index (κ3) is 3.13. The summed E-state index contributed by atoms with van der Waals surface area (Å²) in [5.74, 6) is 0.0865. The molecule has 1 saturated heterocycles. The highest BCUT2D eigenvalue weighted by Gasteiger charge is 2.26. The van der Waals surface area contributed by atoms with Gasteiger partial charge in [-0.15, -0.1) is 0 Å². The van der Waals surface area contributed by atoms with Gasteiger partial charge in [-0.3, -0.25) is 4.79 Å². The highest BCUT2D eigenvalue weighted by molar-refractivity contribution is 9.11. The number of halogens is 2. The summed E-state index contributed by atoms with van der Waals surface area (Å²) in [4.78, 5) is 14.4. The van der Waals surface area contributed by atoms with Crippen molar-refractivity contribution in [3.05, 3.63) is 32.7 Å². The van der Waals surface area contributed by atoms with Gasteiger partial charge < -0.3 is 10.2 Å². The van der Waals surface area contributed by atoms with Crippen molar-refractivity contribution in [3.63, 3.8) is 0 Å². The lowest BCUT2D eigenvalue weighted by Gasteiger charge is -2.36. The predicted octanol–water partition coefficient (Wildman–Crippen LogP) is 3.03. The van der Waals surface area contributed by atoms with E-state index in [1.165, 1.54) is 0 Å². The molecule has 18 heavy (non-hydrogen) atoms. The maximum atomic E-state index is 12.5. The van der Waals surface area contributed by atoms with E-state index in [1.807, 2.05) is 23.1 Å². The molecule has 2 rings (SSSR count). The highest BCUT2D eigenvalue weighted by Crippen LogP contribution is 2.23. The molecule has 0 spiro atoms. The van der Waals surface area contributed by atoms with Crippen LogP contribution in [0.3, 0.4) is 0 Å². The molecule has 5 heteroatoms. The van der Waals surface area contributed by atoms with Crippen LogP contribution in [0.2, 0.25) is 0 Å². The molecule has 1 N–H and O–H groups in total. The number of hydrogen-bond donors (Lipinski definition) is 1. The molecule has 1 aliphatic heterocycles. The summed E-state index contributed by atoms with van der Waals surface area (Å²) in [5.41, 5.74) is 0.714. The number of piperazine rings is 1. The van der Waals surface area contributed by atoms with E-state index in [0.717, 1.165) is 22.0 Å². The molecule has 0 aromatic heterocycles. The number of amides is 1. The van der Waals surface area contributed by atoms with E-state index >= 15 is 0 Å². The van der Waals surface area contributed by atoms with Crippen molar-refractivity contribution in [3.8, 4) is 0 Å². The van der Waals surface area contributed by atoms with E-state index < -0.39 is 0 Å². The Morgan fingerprint density at radius 3 is 2.50 bits per heavy atom. The van der Waals surface area contributed by atoms with Crippen molar-refractivity contribution in [1.82, 2.24) is 10.2 Å². The van der Waals surface area contributed by atoms with Crippen molar-refractivity contribution in [1.29, 1.82) is 0 Å². The molecular weight excluding hydrogens is 360 g/mol. The molecule has 3 nitrogen and oxygen atoms in total. The zero-order valence-electron chi connectivity index (χ0n) is 10.4. The second-order valence-corrected chi connectivity index (χ2v) is 6.57. The number of nitrogens with one attached hydrogen (secondary N) is 1. The topological polar surface area (TPSA) is 32.3 Å². The van der Waals surface area contributed by atoms with Gasteiger partial charge in [0.2, 0.25) is 0 Å². The largest absolute Gasteiger partial charge is 0.336 e. The minimum Gasteiger partial charge on any atom is -0.336 e. The molecule has 98 valence electrons. The van der Waals surface area contributed by atoms with Crippen molar-refractivity contribution < 1.29 is 4.79 Å². The fourth-order valence-electron chi connectivity index (χ4n) is 2.32. The molecule has 1 fully saturated rings. The molecule has 2 unspecified atom stereocenters. The normalized spacial score (nSPS) is 24.1. The number of carbonyl (C=O) groups excluding carboxylic acids is 1. The Bertz CT molecular complexity index is 454. The molecule has 0 aliphatic carbocycles. The van der Waals surface area contributed by atoms with Crippen LogP contribution in [0.4, 0.5) is 0 Å². The fraction of sp³-hybridized carbons (Fsp3) is 0.462. The molecule has 1 aromatic carbocycles. The Morgan fingerprint density at radius 1 is 1.28 bits per heavy atom. The van der Waals surface area contributed by atoms with Crippen LogP contribution in [0.5, 0.6) is 0 Å². The summed E-state index contributed by atoms with van der Waals surface area (Å²) >= 11 is 6.85. The molecule has 1 amide bonds. The van der Waals surface area contributed by atoms with Gasteiger partial charge in [-0.2, -0.15) is 0 Å². The van der Waals surface area contributed by atoms with Gasteiger partial charge in [0, 0.05) is 34.1 Å². The first-order valence-electron chi connectivity index (χ1n) is 5.97. The number of nitrogens with zero attached hydrogens (tertiary/aromatic N) is 1. The summed E-state index contributed by atoms with van der Waals surface area (Å²) in [5, 5.41) is 3.43. The number of benzene rings is 1. The van der Waals surface area contributed by atoms with Crippen LogP contribution in [0.25, 0.3) is 0 Å². The van der Waals surface area contributed by atoms with Gasteiger partial charge >= 0.3 is 0 Å². The minimum atomic E-state index is 0.0865. The third-order valence-corrected chi connectivity index (χ3v) is 4.19. The van der Waals surface area contributed by atoms with Gasteiger partial charge in [-0.05, 0) is 48.0 Å². The van der Waals surface area contributed by atoms with Crippen molar-refractivity contribution in [2.75, 3.05) is 13.1 Å². The van der Waals surface area contributed by atoms with E-state index in [1.54, 1.807) is 0 Å². The van der Waals surface area contributed by atoms with E-state index in [2.05, 4.69) is 51.0 Å². The minimum absolute atomic E-state index is 0.0865. The molecule has 1 aliphatic rings. The van der Waals surface area contributed by atoms with Gasteiger partial charge in [0.05, 0.1) is 5.56 Å². The van der Waals surface area contributed by atoms with Crippen LogP contribution >= 0.6 is 31.9 Å². The summed E-state index contributed by atoms with van der Waals surface area (Å²) < 4.78 is 1.76.